The fourth-order valence-electron chi connectivity index (χ4n) is 3.48. The first-order valence-corrected chi connectivity index (χ1v) is 11.7. The van der Waals surface area contributed by atoms with Crippen molar-refractivity contribution in [2.45, 2.75) is 0 Å². The van der Waals surface area contributed by atoms with Crippen LogP contribution in [0.2, 0.25) is 0 Å². The Morgan fingerprint density at radius 1 is 0.881 bits per heavy atom. The van der Waals surface area contributed by atoms with Crippen molar-refractivity contribution < 1.29 is 42.7 Å². The maximum absolute atomic E-state index is 15.8. The van der Waals surface area contributed by atoms with Crippen LogP contribution in [-0.2, 0) is 0 Å². The van der Waals surface area contributed by atoms with Crippen LogP contribution >= 0.6 is 0 Å². The summed E-state index contributed by atoms with van der Waals surface area (Å²) < 4.78 is 53.1. The maximum Gasteiger partial charge on any atom is 0.335 e. The van der Waals surface area contributed by atoms with E-state index < -0.39 is 46.6 Å². The van der Waals surface area contributed by atoms with E-state index in [2.05, 4.69) is 10.3 Å². The zero-order valence-corrected chi connectivity index (χ0v) is 21.6. The van der Waals surface area contributed by atoms with E-state index in [4.69, 9.17) is 41.2 Å². The molecule has 4 rings (SSSR count). The van der Waals surface area contributed by atoms with Gasteiger partial charge in [0.25, 0.3) is 11.8 Å². The number of nitrogens with zero attached hydrogens (tertiary/aromatic N) is 1. The molecular formula is C27H22F2N6O7. The summed E-state index contributed by atoms with van der Waals surface area (Å²) in [6.07, 6.45) is 0. The van der Waals surface area contributed by atoms with Gasteiger partial charge in [0.15, 0.2) is 29.0 Å². The van der Waals surface area contributed by atoms with Gasteiger partial charge in [-0.1, -0.05) is 6.07 Å². The highest BCUT2D eigenvalue weighted by atomic mass is 19.1. The lowest BCUT2D eigenvalue weighted by atomic mass is 10.2. The van der Waals surface area contributed by atoms with E-state index in [1.165, 1.54) is 49.6 Å². The van der Waals surface area contributed by atoms with Crippen molar-refractivity contribution in [2.24, 2.45) is 11.5 Å². The zero-order valence-electron chi connectivity index (χ0n) is 21.6. The maximum atomic E-state index is 15.8. The monoisotopic (exact) mass is 580 g/mol. The lowest BCUT2D eigenvalue weighted by molar-refractivity contribution is 0.0696. The number of phenols is 1. The molecule has 42 heavy (non-hydrogen) atoms. The molecule has 0 atom stereocenters. The van der Waals surface area contributed by atoms with E-state index in [0.717, 1.165) is 18.2 Å². The Labute approximate surface area is 235 Å². The SMILES string of the molecule is COc1ccc(C(=O)O)cc1Oc1c(F)c(Oc2cccc(NC(=N)N)c2)nc(Oc2cc(C(=N)N)ccc2O)c1F. The zero-order chi connectivity index (χ0) is 30.6. The van der Waals surface area contributed by atoms with E-state index in [1.807, 2.05) is 0 Å². The molecule has 1 heterocycles. The van der Waals surface area contributed by atoms with Crippen molar-refractivity contribution in [3.63, 3.8) is 0 Å². The molecule has 0 bridgehead atoms. The number of aromatic nitrogens is 1. The number of rotatable bonds is 10. The number of aromatic carboxylic acids is 1. The summed E-state index contributed by atoms with van der Waals surface area (Å²) in [6.45, 7) is 0. The van der Waals surface area contributed by atoms with Gasteiger partial charge in [-0.15, -0.1) is 0 Å². The minimum atomic E-state index is -1.50. The van der Waals surface area contributed by atoms with Crippen LogP contribution in [-0.4, -0.2) is 40.1 Å². The predicted molar refractivity (Wildman–Crippen MR) is 145 cm³/mol. The van der Waals surface area contributed by atoms with E-state index in [1.54, 1.807) is 0 Å². The molecule has 0 fully saturated rings. The summed E-state index contributed by atoms with van der Waals surface area (Å²) in [5.41, 5.74) is 11.0. The van der Waals surface area contributed by atoms with Gasteiger partial charge in [-0.2, -0.15) is 13.8 Å². The van der Waals surface area contributed by atoms with Crippen LogP contribution in [0, 0.1) is 22.5 Å². The summed E-state index contributed by atoms with van der Waals surface area (Å²) in [4.78, 5) is 15.3. The molecule has 1 aromatic heterocycles. The van der Waals surface area contributed by atoms with Gasteiger partial charge in [0, 0.05) is 17.3 Å². The van der Waals surface area contributed by atoms with Gasteiger partial charge >= 0.3 is 5.97 Å². The van der Waals surface area contributed by atoms with E-state index in [0.29, 0.717) is 5.69 Å². The predicted octanol–water partition coefficient (Wildman–Crippen LogP) is 4.74. The number of carbonyl (C=O) groups is 1. The van der Waals surface area contributed by atoms with Crippen LogP contribution in [0.15, 0.2) is 60.7 Å². The molecule has 15 heteroatoms. The summed E-state index contributed by atoms with van der Waals surface area (Å²) in [5.74, 6) is -9.28. The fraction of sp³-hybridized carbons (Fsp3) is 0.0370. The van der Waals surface area contributed by atoms with Crippen molar-refractivity contribution in [3.05, 3.63) is 83.4 Å². The molecule has 0 aliphatic carbocycles. The van der Waals surface area contributed by atoms with Crippen LogP contribution in [0.1, 0.15) is 15.9 Å². The lowest BCUT2D eigenvalue weighted by Gasteiger charge is -2.17. The quantitative estimate of drug-likeness (QED) is 0.100. The average molecular weight is 581 g/mol. The summed E-state index contributed by atoms with van der Waals surface area (Å²) in [6, 6.07) is 12.8. The molecule has 9 N–H and O–H groups in total. The Balaban J connectivity index is 1.85. The summed E-state index contributed by atoms with van der Waals surface area (Å²) >= 11 is 0. The second-order valence-electron chi connectivity index (χ2n) is 8.32. The summed E-state index contributed by atoms with van der Waals surface area (Å²) in [5, 5.41) is 37.1. The van der Waals surface area contributed by atoms with Crippen LogP contribution in [0.5, 0.6) is 46.3 Å². The van der Waals surface area contributed by atoms with Gasteiger partial charge in [-0.05, 0) is 48.5 Å². The number of carboxylic acids is 1. The average Bonchev–Trinajstić information content (AvgIpc) is 2.94. The van der Waals surface area contributed by atoms with Crippen molar-refractivity contribution in [3.8, 4) is 46.3 Å². The van der Waals surface area contributed by atoms with Crippen LogP contribution < -0.4 is 35.7 Å². The van der Waals surface area contributed by atoms with Gasteiger partial charge in [-0.3, -0.25) is 10.8 Å². The first-order valence-electron chi connectivity index (χ1n) is 11.7. The van der Waals surface area contributed by atoms with E-state index in [9.17, 15) is 15.0 Å². The van der Waals surface area contributed by atoms with E-state index >= 15 is 8.78 Å². The summed E-state index contributed by atoms with van der Waals surface area (Å²) in [7, 11) is 1.23. The van der Waals surface area contributed by atoms with Gasteiger partial charge in [0.1, 0.15) is 11.6 Å². The van der Waals surface area contributed by atoms with Crippen LogP contribution in [0.4, 0.5) is 14.5 Å². The van der Waals surface area contributed by atoms with Crippen molar-refractivity contribution in [1.82, 2.24) is 4.98 Å². The molecule has 0 radical (unpaired) electrons. The number of phenolic OH excluding ortho intramolecular Hbond substituents is 1. The molecule has 4 aromatic rings. The Morgan fingerprint density at radius 3 is 2.19 bits per heavy atom. The lowest BCUT2D eigenvalue weighted by Crippen LogP contribution is -2.20. The number of halogens is 2. The van der Waals surface area contributed by atoms with Crippen LogP contribution in [0.3, 0.4) is 0 Å². The fourth-order valence-corrected chi connectivity index (χ4v) is 3.48. The van der Waals surface area contributed by atoms with Crippen molar-refractivity contribution >= 4 is 23.5 Å². The normalized spacial score (nSPS) is 10.5. The van der Waals surface area contributed by atoms with E-state index in [-0.39, 0.29) is 40.2 Å². The third-order valence-corrected chi connectivity index (χ3v) is 5.40. The van der Waals surface area contributed by atoms with Gasteiger partial charge < -0.3 is 45.9 Å². The smallest absolute Gasteiger partial charge is 0.335 e. The second-order valence-corrected chi connectivity index (χ2v) is 8.32. The number of nitrogens with one attached hydrogen (secondary N) is 3. The minimum absolute atomic E-state index is 0.0250. The topological polar surface area (TPSA) is 219 Å². The highest BCUT2D eigenvalue weighted by Crippen LogP contribution is 2.43. The first kappa shape index (κ1) is 28.9. The number of nitrogens with two attached hydrogens (primary N) is 2. The van der Waals surface area contributed by atoms with Crippen molar-refractivity contribution in [2.75, 3.05) is 12.4 Å². The largest absolute Gasteiger partial charge is 0.504 e. The van der Waals surface area contributed by atoms with Crippen molar-refractivity contribution in [1.29, 1.82) is 10.8 Å². The number of amidine groups is 1. The molecule has 0 saturated heterocycles. The van der Waals surface area contributed by atoms with Gasteiger partial charge in [0.2, 0.25) is 17.4 Å². The molecule has 3 aromatic carbocycles. The Morgan fingerprint density at radius 2 is 1.55 bits per heavy atom. The minimum Gasteiger partial charge on any atom is -0.504 e. The molecule has 0 saturated carbocycles. The molecule has 13 nitrogen and oxygen atoms in total. The first-order chi connectivity index (χ1) is 20.0. The number of guanidine groups is 1. The third-order valence-electron chi connectivity index (χ3n) is 5.40. The number of anilines is 1. The number of methoxy groups -OCH3 is 1. The molecule has 0 spiro atoms. The third kappa shape index (κ3) is 6.36. The number of benzene rings is 3. The second kappa shape index (κ2) is 12.0. The standard InChI is InChI=1S/C27H22F2N6O7/c1-39-17-8-6-13(26(37)38)10-19(17)41-22-20(28)24(40-15-4-2-3-14(11-15)34-27(32)33)35-25(21(22)29)42-18-9-12(23(30)31)5-7-16(18)36/h2-11,36H,1H3,(H3,30,31)(H,37,38)(H4,32,33,34). The highest BCUT2D eigenvalue weighted by molar-refractivity contribution is 5.95. The molecule has 216 valence electrons. The number of aromatic hydroxyl groups is 1. The number of hydrogen-bond acceptors (Lipinski definition) is 9. The molecular weight excluding hydrogens is 558 g/mol. The number of ether oxygens (including phenoxy) is 4. The number of pyridine rings is 1. The Kier molecular flexibility index (Phi) is 8.22. The van der Waals surface area contributed by atoms with Crippen LogP contribution in [0.25, 0.3) is 0 Å². The number of hydrogen-bond donors (Lipinski definition) is 7. The molecule has 0 unspecified atom stereocenters. The molecule has 0 aliphatic heterocycles. The number of nitrogen functional groups attached to an aromatic ring is 1. The molecule has 0 amide bonds. The Hall–Kier alpha value is -6.12. The van der Waals surface area contributed by atoms with Gasteiger partial charge in [0.05, 0.1) is 12.7 Å². The highest BCUT2D eigenvalue weighted by Gasteiger charge is 2.28. The number of carboxylic acid groups (broad SMARTS) is 1. The Bertz CT molecular complexity index is 1720. The van der Waals surface area contributed by atoms with Gasteiger partial charge in [-0.25, -0.2) is 4.79 Å². The molecule has 0 aliphatic rings.